The predicted molar refractivity (Wildman–Crippen MR) is 62.9 cm³/mol. The Balaban J connectivity index is 2.16. The van der Waals surface area contributed by atoms with Gasteiger partial charge in [0.1, 0.15) is 0 Å². The van der Waals surface area contributed by atoms with Crippen LogP contribution >= 0.6 is 0 Å². The molecule has 0 fully saturated rings. The van der Waals surface area contributed by atoms with E-state index in [0.717, 1.165) is 5.56 Å². The molecule has 0 aliphatic carbocycles. The van der Waals surface area contributed by atoms with Crippen LogP contribution in [0, 0.1) is 0 Å². The van der Waals surface area contributed by atoms with Crippen molar-refractivity contribution in [1.82, 2.24) is 0 Å². The highest BCUT2D eigenvalue weighted by molar-refractivity contribution is 7.76. The van der Waals surface area contributed by atoms with Crippen LogP contribution < -0.4 is 8.37 Å². The van der Waals surface area contributed by atoms with Gasteiger partial charge in [-0.3, -0.25) is 0 Å². The third-order valence-electron chi connectivity index (χ3n) is 2.49. The van der Waals surface area contributed by atoms with Gasteiger partial charge >= 0.3 is 11.4 Å². The first kappa shape index (κ1) is 10.2. The number of fused-ring (bicyclic) bond motifs is 1. The summed E-state index contributed by atoms with van der Waals surface area (Å²) >= 11 is -1.85. The summed E-state index contributed by atoms with van der Waals surface area (Å²) in [6.45, 7) is 0. The molecule has 1 atom stereocenters. The first-order valence-electron chi connectivity index (χ1n) is 4.95. The molecule has 0 saturated heterocycles. The molecule has 0 saturated carbocycles. The van der Waals surface area contributed by atoms with Gasteiger partial charge in [-0.05, 0) is 17.7 Å². The minimum Gasteiger partial charge on any atom is -0.504 e. The molecule has 0 aromatic heterocycles. The standard InChI is InChI=1S/C12H8O4S/c13-11-9(8-4-2-1-3-5-8)6-7-10-12(11)16-17(14)15-10/h1-7,13H. The fourth-order valence-electron chi connectivity index (χ4n) is 1.71. The molecule has 2 aromatic carbocycles. The molecule has 0 spiro atoms. The average Bonchev–Trinajstić information content (AvgIpc) is 2.72. The third-order valence-corrected chi connectivity index (χ3v) is 3.11. The normalized spacial score (nSPS) is 17.1. The van der Waals surface area contributed by atoms with Gasteiger partial charge in [0.05, 0.1) is 0 Å². The van der Waals surface area contributed by atoms with E-state index in [1.54, 1.807) is 12.1 Å². The van der Waals surface area contributed by atoms with Crippen molar-refractivity contribution in [2.24, 2.45) is 0 Å². The summed E-state index contributed by atoms with van der Waals surface area (Å²) in [7, 11) is 0. The highest BCUT2D eigenvalue weighted by atomic mass is 32.2. The lowest BCUT2D eigenvalue weighted by atomic mass is 10.0. The van der Waals surface area contributed by atoms with Crippen LogP contribution in [0.25, 0.3) is 11.1 Å². The van der Waals surface area contributed by atoms with Crippen LogP contribution in [-0.2, 0) is 11.4 Å². The second-order valence-electron chi connectivity index (χ2n) is 3.53. The molecule has 0 bridgehead atoms. The van der Waals surface area contributed by atoms with Gasteiger partial charge in [0.15, 0.2) is 11.5 Å². The molecule has 1 heterocycles. The molecule has 1 unspecified atom stereocenters. The van der Waals surface area contributed by atoms with Crippen molar-refractivity contribution >= 4 is 11.4 Å². The Morgan fingerprint density at radius 1 is 1.00 bits per heavy atom. The molecular formula is C12H8O4S. The van der Waals surface area contributed by atoms with Crippen LogP contribution in [0.5, 0.6) is 17.2 Å². The molecule has 1 aliphatic heterocycles. The zero-order valence-corrected chi connectivity index (χ0v) is 9.44. The van der Waals surface area contributed by atoms with Gasteiger partial charge in [0.2, 0.25) is 5.75 Å². The van der Waals surface area contributed by atoms with Crippen molar-refractivity contribution in [2.75, 3.05) is 0 Å². The summed E-state index contributed by atoms with van der Waals surface area (Å²) < 4.78 is 20.8. The van der Waals surface area contributed by atoms with E-state index in [1.807, 2.05) is 30.3 Å². The summed E-state index contributed by atoms with van der Waals surface area (Å²) in [6, 6.07) is 12.7. The molecule has 2 aromatic rings. The molecule has 0 radical (unpaired) electrons. The lowest BCUT2D eigenvalue weighted by Gasteiger charge is -2.05. The molecule has 5 heteroatoms. The maximum absolute atomic E-state index is 11.1. The summed E-state index contributed by atoms with van der Waals surface area (Å²) in [6.07, 6.45) is 0. The Kier molecular flexibility index (Phi) is 2.26. The molecule has 17 heavy (non-hydrogen) atoms. The molecule has 0 amide bonds. The number of phenolic OH excluding ortho intramolecular Hbond substituents is 1. The second-order valence-corrected chi connectivity index (χ2v) is 4.27. The summed E-state index contributed by atoms with van der Waals surface area (Å²) in [5, 5.41) is 10.0. The maximum atomic E-state index is 11.1. The SMILES string of the molecule is O=S1Oc2ccc(-c3ccccc3)c(O)c2O1. The Bertz CT molecular complexity index is 595. The number of hydrogen-bond acceptors (Lipinski definition) is 4. The minimum atomic E-state index is -1.85. The van der Waals surface area contributed by atoms with Gasteiger partial charge in [-0.1, -0.05) is 30.3 Å². The molecule has 1 aliphatic rings. The predicted octanol–water partition coefficient (Wildman–Crippen LogP) is 2.41. The molecule has 1 N–H and O–H groups in total. The Morgan fingerprint density at radius 3 is 2.53 bits per heavy atom. The van der Waals surface area contributed by atoms with Crippen molar-refractivity contribution in [3.05, 3.63) is 42.5 Å². The maximum Gasteiger partial charge on any atom is 0.418 e. The summed E-state index contributed by atoms with van der Waals surface area (Å²) in [5.74, 6) is 0.366. The Labute approximate surface area is 100 Å². The molecular weight excluding hydrogens is 240 g/mol. The Hall–Kier alpha value is -2.01. The van der Waals surface area contributed by atoms with Gasteiger partial charge in [0, 0.05) is 5.56 Å². The smallest absolute Gasteiger partial charge is 0.418 e. The highest BCUT2D eigenvalue weighted by Gasteiger charge is 2.27. The number of benzene rings is 2. The second kappa shape index (κ2) is 3.78. The minimum absolute atomic E-state index is 0.0560. The fourth-order valence-corrected chi connectivity index (χ4v) is 2.32. The van der Waals surface area contributed by atoms with Crippen molar-refractivity contribution in [3.8, 4) is 28.4 Å². The topological polar surface area (TPSA) is 55.8 Å². The van der Waals surface area contributed by atoms with Gasteiger partial charge in [-0.2, -0.15) is 4.21 Å². The molecule has 3 rings (SSSR count). The zero-order chi connectivity index (χ0) is 11.8. The van der Waals surface area contributed by atoms with Crippen LogP contribution in [-0.4, -0.2) is 9.32 Å². The van der Waals surface area contributed by atoms with Crippen LogP contribution in [0.2, 0.25) is 0 Å². The van der Waals surface area contributed by atoms with E-state index in [-0.39, 0.29) is 11.5 Å². The quantitative estimate of drug-likeness (QED) is 0.842. The van der Waals surface area contributed by atoms with Crippen LogP contribution in [0.1, 0.15) is 0 Å². The fraction of sp³-hybridized carbons (Fsp3) is 0. The molecule has 4 nitrogen and oxygen atoms in total. The largest absolute Gasteiger partial charge is 0.504 e. The lowest BCUT2D eigenvalue weighted by molar-refractivity contribution is 0.449. The van der Waals surface area contributed by atoms with E-state index in [0.29, 0.717) is 11.3 Å². The summed E-state index contributed by atoms with van der Waals surface area (Å²) in [5.41, 5.74) is 1.47. The number of hydrogen-bond donors (Lipinski definition) is 1. The van der Waals surface area contributed by atoms with E-state index in [4.69, 9.17) is 8.37 Å². The zero-order valence-electron chi connectivity index (χ0n) is 8.62. The molecule has 86 valence electrons. The van der Waals surface area contributed by atoms with Gasteiger partial charge in [-0.25, -0.2) is 0 Å². The van der Waals surface area contributed by atoms with E-state index >= 15 is 0 Å². The first-order valence-corrected chi connectivity index (χ1v) is 5.95. The van der Waals surface area contributed by atoms with Crippen molar-refractivity contribution < 1.29 is 17.7 Å². The number of rotatable bonds is 1. The average molecular weight is 248 g/mol. The van der Waals surface area contributed by atoms with E-state index < -0.39 is 11.4 Å². The van der Waals surface area contributed by atoms with Gasteiger partial charge < -0.3 is 13.5 Å². The lowest BCUT2D eigenvalue weighted by Crippen LogP contribution is -1.97. The van der Waals surface area contributed by atoms with Crippen molar-refractivity contribution in [1.29, 1.82) is 0 Å². The summed E-state index contributed by atoms with van der Waals surface area (Å²) in [4.78, 5) is 0. The van der Waals surface area contributed by atoms with E-state index in [2.05, 4.69) is 0 Å². The monoisotopic (exact) mass is 248 g/mol. The van der Waals surface area contributed by atoms with E-state index in [9.17, 15) is 9.32 Å². The van der Waals surface area contributed by atoms with Crippen molar-refractivity contribution in [2.45, 2.75) is 0 Å². The third kappa shape index (κ3) is 1.64. The van der Waals surface area contributed by atoms with Crippen LogP contribution in [0.3, 0.4) is 0 Å². The van der Waals surface area contributed by atoms with Crippen LogP contribution in [0.4, 0.5) is 0 Å². The van der Waals surface area contributed by atoms with Gasteiger partial charge in [0.25, 0.3) is 0 Å². The first-order chi connectivity index (χ1) is 8.25. The van der Waals surface area contributed by atoms with E-state index in [1.165, 1.54) is 0 Å². The highest BCUT2D eigenvalue weighted by Crippen LogP contribution is 2.46. The number of aromatic hydroxyl groups is 1. The van der Waals surface area contributed by atoms with Crippen molar-refractivity contribution in [3.63, 3.8) is 0 Å². The van der Waals surface area contributed by atoms with Gasteiger partial charge in [-0.15, -0.1) is 0 Å². The Morgan fingerprint density at radius 2 is 1.76 bits per heavy atom. The number of phenols is 1. The van der Waals surface area contributed by atoms with Crippen LogP contribution in [0.15, 0.2) is 42.5 Å².